The molecule has 1 saturated heterocycles. The van der Waals surface area contributed by atoms with E-state index in [0.717, 1.165) is 4.31 Å². The molecule has 9 heteroatoms. The maximum absolute atomic E-state index is 12.3. The quantitative estimate of drug-likeness (QED) is 0.810. The Morgan fingerprint density at radius 3 is 2.71 bits per heavy atom. The summed E-state index contributed by atoms with van der Waals surface area (Å²) in [5, 5.41) is 2.38. The smallest absolute Gasteiger partial charge is 0.289 e. The number of furan rings is 1. The number of nitrogens with zero attached hydrogens (tertiary/aromatic N) is 2. The zero-order valence-electron chi connectivity index (χ0n) is 11.8. The van der Waals surface area contributed by atoms with E-state index < -0.39 is 15.9 Å². The maximum atomic E-state index is 12.3. The number of rotatable bonds is 3. The van der Waals surface area contributed by atoms with Crippen molar-refractivity contribution in [3.8, 4) is 0 Å². The van der Waals surface area contributed by atoms with Crippen molar-refractivity contribution in [1.29, 1.82) is 0 Å². The van der Waals surface area contributed by atoms with E-state index in [1.54, 1.807) is 0 Å². The van der Waals surface area contributed by atoms with Gasteiger partial charge < -0.3 is 14.6 Å². The minimum Gasteiger partial charge on any atom is -0.438 e. The predicted molar refractivity (Wildman–Crippen MR) is 73.1 cm³/mol. The summed E-state index contributed by atoms with van der Waals surface area (Å²) in [6, 6.07) is 2.59. The lowest BCUT2D eigenvalue weighted by molar-refractivity contribution is -0.120. The standard InChI is InChI=1S/C12H17N3O5S/c1-14(2)21(18,19)11-4-3-9(20-11)12(17)15-7-5-10(16)13-6-8-15/h3-4H,5-8H2,1-2H3,(H,13,16). The van der Waals surface area contributed by atoms with Gasteiger partial charge in [0.25, 0.3) is 15.9 Å². The van der Waals surface area contributed by atoms with Crippen molar-refractivity contribution in [2.75, 3.05) is 33.7 Å². The van der Waals surface area contributed by atoms with Crippen molar-refractivity contribution in [1.82, 2.24) is 14.5 Å². The van der Waals surface area contributed by atoms with E-state index in [9.17, 15) is 18.0 Å². The first kappa shape index (κ1) is 15.5. The van der Waals surface area contributed by atoms with E-state index in [1.165, 1.54) is 31.1 Å². The van der Waals surface area contributed by atoms with Gasteiger partial charge in [-0.2, -0.15) is 0 Å². The molecule has 1 aliphatic heterocycles. The molecule has 0 bridgehead atoms. The van der Waals surface area contributed by atoms with Gasteiger partial charge >= 0.3 is 0 Å². The lowest BCUT2D eigenvalue weighted by Gasteiger charge is -2.17. The molecule has 0 aromatic carbocycles. The molecule has 1 aliphatic rings. The van der Waals surface area contributed by atoms with Gasteiger partial charge in [0.05, 0.1) is 0 Å². The van der Waals surface area contributed by atoms with Crippen LogP contribution in [0.15, 0.2) is 21.6 Å². The molecule has 21 heavy (non-hydrogen) atoms. The predicted octanol–water partition coefficient (Wildman–Crippen LogP) is -0.508. The van der Waals surface area contributed by atoms with Gasteiger partial charge in [0.1, 0.15) is 0 Å². The third kappa shape index (κ3) is 3.24. The Kier molecular flexibility index (Phi) is 4.33. The van der Waals surface area contributed by atoms with E-state index >= 15 is 0 Å². The van der Waals surface area contributed by atoms with Crippen LogP contribution in [0.3, 0.4) is 0 Å². The minimum absolute atomic E-state index is 0.0511. The van der Waals surface area contributed by atoms with E-state index in [4.69, 9.17) is 4.42 Å². The van der Waals surface area contributed by atoms with Crippen LogP contribution >= 0.6 is 0 Å². The normalized spacial score (nSPS) is 16.7. The number of nitrogens with one attached hydrogen (secondary N) is 1. The molecule has 0 unspecified atom stereocenters. The summed E-state index contributed by atoms with van der Waals surface area (Å²) < 4.78 is 30.0. The van der Waals surface area contributed by atoms with E-state index in [0.29, 0.717) is 13.1 Å². The van der Waals surface area contributed by atoms with Crippen molar-refractivity contribution in [3.63, 3.8) is 0 Å². The molecule has 1 aromatic rings. The van der Waals surface area contributed by atoms with Gasteiger partial charge in [-0.05, 0) is 12.1 Å². The summed E-state index contributed by atoms with van der Waals surface area (Å²) in [7, 11) is -0.946. The van der Waals surface area contributed by atoms with Crippen LogP contribution in [0.5, 0.6) is 0 Å². The van der Waals surface area contributed by atoms with Crippen LogP contribution in [-0.4, -0.2) is 63.2 Å². The number of carbonyl (C=O) groups is 2. The van der Waals surface area contributed by atoms with E-state index in [-0.39, 0.29) is 29.7 Å². The van der Waals surface area contributed by atoms with Crippen molar-refractivity contribution >= 4 is 21.8 Å². The van der Waals surface area contributed by atoms with Gasteiger partial charge in [-0.15, -0.1) is 0 Å². The average molecular weight is 315 g/mol. The lowest BCUT2D eigenvalue weighted by atomic mass is 10.3. The second-order valence-corrected chi connectivity index (χ2v) is 6.88. The van der Waals surface area contributed by atoms with Crippen molar-refractivity contribution in [2.24, 2.45) is 0 Å². The number of hydrogen-bond donors (Lipinski definition) is 1. The second kappa shape index (κ2) is 5.86. The third-order valence-corrected chi connectivity index (χ3v) is 4.82. The summed E-state index contributed by atoms with van der Waals surface area (Å²) in [5.41, 5.74) is 0. The van der Waals surface area contributed by atoms with Crippen LogP contribution in [-0.2, 0) is 14.8 Å². The van der Waals surface area contributed by atoms with Crippen molar-refractivity contribution in [2.45, 2.75) is 11.5 Å². The molecule has 1 aromatic heterocycles. The summed E-state index contributed by atoms with van der Waals surface area (Å²) in [5.74, 6) is -0.586. The fourth-order valence-corrected chi connectivity index (χ4v) is 2.67. The van der Waals surface area contributed by atoms with Gasteiger partial charge in [-0.25, -0.2) is 12.7 Å². The largest absolute Gasteiger partial charge is 0.438 e. The highest BCUT2D eigenvalue weighted by molar-refractivity contribution is 7.88. The fraction of sp³-hybridized carbons (Fsp3) is 0.500. The van der Waals surface area contributed by atoms with Gasteiger partial charge in [0.2, 0.25) is 11.0 Å². The van der Waals surface area contributed by atoms with Crippen LogP contribution < -0.4 is 5.32 Å². The Balaban J connectivity index is 2.18. The first-order valence-corrected chi connectivity index (χ1v) is 7.84. The molecule has 116 valence electrons. The molecular formula is C12H17N3O5S. The van der Waals surface area contributed by atoms with Crippen LogP contribution in [0.4, 0.5) is 0 Å². The number of carbonyl (C=O) groups excluding carboxylic acids is 2. The summed E-state index contributed by atoms with van der Waals surface area (Å²) in [6.07, 6.45) is 0.218. The van der Waals surface area contributed by atoms with Crippen LogP contribution in [0.2, 0.25) is 0 Å². The average Bonchev–Trinajstić information content (AvgIpc) is 2.82. The molecule has 2 rings (SSSR count). The molecule has 0 saturated carbocycles. The Morgan fingerprint density at radius 2 is 2.05 bits per heavy atom. The first-order valence-electron chi connectivity index (χ1n) is 6.40. The van der Waals surface area contributed by atoms with Crippen molar-refractivity contribution in [3.05, 3.63) is 17.9 Å². The third-order valence-electron chi connectivity index (χ3n) is 3.13. The van der Waals surface area contributed by atoms with Crippen LogP contribution in [0.25, 0.3) is 0 Å². The summed E-state index contributed by atoms with van der Waals surface area (Å²) in [6.45, 7) is 1.01. The molecule has 0 spiro atoms. The number of hydrogen-bond acceptors (Lipinski definition) is 5. The molecular weight excluding hydrogens is 298 g/mol. The molecule has 2 amide bonds. The number of sulfonamides is 1. The van der Waals surface area contributed by atoms with E-state index in [1.807, 2.05) is 0 Å². The monoisotopic (exact) mass is 315 g/mol. The zero-order valence-corrected chi connectivity index (χ0v) is 12.6. The molecule has 8 nitrogen and oxygen atoms in total. The fourth-order valence-electron chi connectivity index (χ4n) is 1.88. The second-order valence-electron chi connectivity index (χ2n) is 4.80. The van der Waals surface area contributed by atoms with Crippen molar-refractivity contribution < 1.29 is 22.4 Å². The van der Waals surface area contributed by atoms with Gasteiger partial charge in [0, 0.05) is 40.2 Å². The molecule has 1 fully saturated rings. The topological polar surface area (TPSA) is 99.9 Å². The SMILES string of the molecule is CN(C)S(=O)(=O)c1ccc(C(=O)N2CCNC(=O)CC2)o1. The molecule has 0 radical (unpaired) electrons. The molecule has 0 atom stereocenters. The Hall–Kier alpha value is -1.87. The Labute approximate surface area is 122 Å². The zero-order chi connectivity index (χ0) is 15.6. The van der Waals surface area contributed by atoms with Gasteiger partial charge in [-0.3, -0.25) is 9.59 Å². The van der Waals surface area contributed by atoms with E-state index in [2.05, 4.69) is 5.32 Å². The molecule has 1 N–H and O–H groups in total. The molecule has 0 aliphatic carbocycles. The van der Waals surface area contributed by atoms with Gasteiger partial charge in [-0.1, -0.05) is 0 Å². The van der Waals surface area contributed by atoms with Gasteiger partial charge in [0.15, 0.2) is 5.76 Å². The number of amides is 2. The minimum atomic E-state index is -3.71. The highest BCUT2D eigenvalue weighted by atomic mass is 32.2. The van der Waals surface area contributed by atoms with Crippen LogP contribution in [0.1, 0.15) is 17.0 Å². The van der Waals surface area contributed by atoms with Crippen LogP contribution in [0, 0.1) is 0 Å². The Morgan fingerprint density at radius 1 is 1.33 bits per heavy atom. The summed E-state index contributed by atoms with van der Waals surface area (Å²) >= 11 is 0. The Bertz CT molecular complexity index is 650. The highest BCUT2D eigenvalue weighted by Crippen LogP contribution is 2.18. The lowest BCUT2D eigenvalue weighted by Crippen LogP contribution is -2.34. The highest BCUT2D eigenvalue weighted by Gasteiger charge is 2.26. The first-order chi connectivity index (χ1) is 9.82. The summed E-state index contributed by atoms with van der Waals surface area (Å²) in [4.78, 5) is 25.0. The molecule has 2 heterocycles. The maximum Gasteiger partial charge on any atom is 0.289 e.